The summed E-state index contributed by atoms with van der Waals surface area (Å²) < 4.78 is 61.9. The predicted molar refractivity (Wildman–Crippen MR) is 160 cm³/mol. The summed E-state index contributed by atoms with van der Waals surface area (Å²) >= 11 is 0. The molecule has 0 bridgehead atoms. The molecule has 240 valence electrons. The Labute approximate surface area is 257 Å². The van der Waals surface area contributed by atoms with Crippen LogP contribution in [0.2, 0.25) is 0 Å². The van der Waals surface area contributed by atoms with Gasteiger partial charge in [0, 0.05) is 50.7 Å². The molecule has 1 aromatic carbocycles. The van der Waals surface area contributed by atoms with Gasteiger partial charge < -0.3 is 18.8 Å². The number of fused-ring (bicyclic) bond motifs is 1. The van der Waals surface area contributed by atoms with E-state index in [1.807, 2.05) is 0 Å². The molecule has 4 heterocycles. The first kappa shape index (κ1) is 31.0. The highest BCUT2D eigenvalue weighted by molar-refractivity contribution is 5.78. The number of hydrogen-bond donors (Lipinski definition) is 0. The lowest BCUT2D eigenvalue weighted by Crippen LogP contribution is -2.43. The predicted octanol–water partition coefficient (Wildman–Crippen LogP) is 5.05. The SMILES string of the molecule is CCn1c(=O)n(CCCOC2CCCCO2)c(=O)c2c1nc(-c1ccc(OC3CC(F)(F)C3)nc1C)n2Cc1ccc(F)cc1. The molecule has 1 aliphatic carbocycles. The summed E-state index contributed by atoms with van der Waals surface area (Å²) in [7, 11) is 0. The zero-order valence-corrected chi connectivity index (χ0v) is 25.3. The van der Waals surface area contributed by atoms with Crippen molar-refractivity contribution in [2.75, 3.05) is 13.2 Å². The van der Waals surface area contributed by atoms with Crippen LogP contribution < -0.4 is 16.0 Å². The van der Waals surface area contributed by atoms with Crippen molar-refractivity contribution < 1.29 is 27.4 Å². The smallest absolute Gasteiger partial charge is 0.332 e. The molecule has 45 heavy (non-hydrogen) atoms. The van der Waals surface area contributed by atoms with Crippen molar-refractivity contribution in [3.05, 3.63) is 74.3 Å². The van der Waals surface area contributed by atoms with Gasteiger partial charge >= 0.3 is 5.69 Å². The van der Waals surface area contributed by atoms with Crippen molar-refractivity contribution in [3.63, 3.8) is 0 Å². The largest absolute Gasteiger partial charge is 0.474 e. The monoisotopic (exact) mass is 627 g/mol. The molecular formula is C32H36F3N5O5. The Morgan fingerprint density at radius 1 is 1.02 bits per heavy atom. The molecule has 0 N–H and O–H groups in total. The van der Waals surface area contributed by atoms with E-state index in [0.717, 1.165) is 24.8 Å². The van der Waals surface area contributed by atoms with Crippen molar-refractivity contribution in [1.29, 1.82) is 0 Å². The Kier molecular flexibility index (Phi) is 8.82. The summed E-state index contributed by atoms with van der Waals surface area (Å²) in [6.07, 6.45) is 1.70. The van der Waals surface area contributed by atoms with E-state index in [-0.39, 0.29) is 55.8 Å². The second-order valence-corrected chi connectivity index (χ2v) is 11.6. The Hall–Kier alpha value is -3.97. The van der Waals surface area contributed by atoms with Crippen molar-refractivity contribution in [1.82, 2.24) is 23.7 Å². The van der Waals surface area contributed by atoms with Crippen molar-refractivity contribution in [3.8, 4) is 17.3 Å². The lowest BCUT2D eigenvalue weighted by molar-refractivity contribution is -0.163. The van der Waals surface area contributed by atoms with Gasteiger partial charge in [-0.15, -0.1) is 0 Å². The second-order valence-electron chi connectivity index (χ2n) is 11.6. The normalized spacial score (nSPS) is 18.3. The molecule has 2 fully saturated rings. The van der Waals surface area contributed by atoms with Gasteiger partial charge in [-0.1, -0.05) is 12.1 Å². The first-order valence-electron chi connectivity index (χ1n) is 15.4. The van der Waals surface area contributed by atoms with E-state index in [0.29, 0.717) is 36.7 Å². The number of rotatable bonds is 11. The number of hydrogen-bond acceptors (Lipinski definition) is 7. The summed E-state index contributed by atoms with van der Waals surface area (Å²) in [5.41, 5.74) is 1.27. The molecule has 1 atom stereocenters. The third kappa shape index (κ3) is 6.55. The molecule has 4 aromatic rings. The Morgan fingerprint density at radius 3 is 2.47 bits per heavy atom. The summed E-state index contributed by atoms with van der Waals surface area (Å²) in [5.74, 6) is -2.51. The van der Waals surface area contributed by atoms with Crippen LogP contribution in [0.1, 0.15) is 56.7 Å². The average Bonchev–Trinajstić information content (AvgIpc) is 3.36. The van der Waals surface area contributed by atoms with E-state index >= 15 is 0 Å². The molecule has 3 aromatic heterocycles. The minimum absolute atomic E-state index is 0.143. The van der Waals surface area contributed by atoms with Crippen molar-refractivity contribution >= 4 is 11.2 Å². The number of pyridine rings is 1. The Bertz CT molecular complexity index is 1790. The summed E-state index contributed by atoms with van der Waals surface area (Å²) in [6.45, 7) is 5.11. The number of nitrogens with zero attached hydrogens (tertiary/aromatic N) is 5. The van der Waals surface area contributed by atoms with Gasteiger partial charge in [0.25, 0.3) is 11.5 Å². The van der Waals surface area contributed by atoms with Gasteiger partial charge in [0.1, 0.15) is 17.7 Å². The highest BCUT2D eigenvalue weighted by atomic mass is 19.3. The number of alkyl halides is 2. The quantitative estimate of drug-likeness (QED) is 0.215. The molecule has 2 aliphatic rings. The highest BCUT2D eigenvalue weighted by Crippen LogP contribution is 2.39. The van der Waals surface area contributed by atoms with Crippen LogP contribution in [0, 0.1) is 12.7 Å². The molecule has 13 heteroatoms. The van der Waals surface area contributed by atoms with Crippen LogP contribution in [0.15, 0.2) is 46.0 Å². The lowest BCUT2D eigenvalue weighted by Gasteiger charge is -2.34. The number of aryl methyl sites for hydroxylation is 2. The standard InChI is InChI=1S/C32H36F3N5O5/c1-3-38-29-27(30(41)39(31(38)42)14-6-16-44-26-7-4-5-15-43-26)40(19-21-8-10-22(33)11-9-21)28(37-29)24-12-13-25(36-20(24)2)45-23-17-32(34,35)18-23/h8-13,23,26H,3-7,14-19H2,1-2H3. The van der Waals surface area contributed by atoms with Gasteiger partial charge in [0.05, 0.1) is 12.3 Å². The summed E-state index contributed by atoms with van der Waals surface area (Å²) in [6, 6.07) is 9.23. The van der Waals surface area contributed by atoms with Crippen LogP contribution in [0.4, 0.5) is 13.2 Å². The van der Waals surface area contributed by atoms with Crippen LogP contribution in [-0.4, -0.2) is 55.2 Å². The van der Waals surface area contributed by atoms with E-state index in [9.17, 15) is 22.8 Å². The van der Waals surface area contributed by atoms with Crippen molar-refractivity contribution in [2.24, 2.45) is 0 Å². The first-order chi connectivity index (χ1) is 21.6. The molecule has 1 unspecified atom stereocenters. The minimum atomic E-state index is -2.72. The van der Waals surface area contributed by atoms with Gasteiger partial charge in [0.2, 0.25) is 5.88 Å². The molecule has 1 saturated heterocycles. The fraction of sp³-hybridized carbons (Fsp3) is 0.500. The lowest BCUT2D eigenvalue weighted by atomic mass is 9.91. The Morgan fingerprint density at radius 2 is 1.80 bits per heavy atom. The summed E-state index contributed by atoms with van der Waals surface area (Å²) in [5, 5.41) is 0. The number of benzene rings is 1. The molecule has 0 amide bonds. The second kappa shape index (κ2) is 12.8. The Balaban J connectivity index is 1.38. The van der Waals surface area contributed by atoms with Gasteiger partial charge in [-0.25, -0.2) is 27.9 Å². The molecule has 1 aliphatic heterocycles. The zero-order valence-electron chi connectivity index (χ0n) is 25.3. The maximum absolute atomic E-state index is 14.0. The van der Waals surface area contributed by atoms with Crippen molar-refractivity contribution in [2.45, 2.75) is 90.3 Å². The molecule has 1 saturated carbocycles. The number of aromatic nitrogens is 5. The average molecular weight is 628 g/mol. The molecule has 0 radical (unpaired) electrons. The van der Waals surface area contributed by atoms with Gasteiger partial charge in [-0.05, 0) is 63.3 Å². The van der Waals surface area contributed by atoms with Crippen LogP contribution in [0.25, 0.3) is 22.6 Å². The minimum Gasteiger partial charge on any atom is -0.474 e. The number of ether oxygens (including phenoxy) is 3. The van der Waals surface area contributed by atoms with E-state index < -0.39 is 29.1 Å². The van der Waals surface area contributed by atoms with Crippen LogP contribution in [-0.2, 0) is 29.1 Å². The first-order valence-corrected chi connectivity index (χ1v) is 15.4. The van der Waals surface area contributed by atoms with Crippen LogP contribution in [0.3, 0.4) is 0 Å². The van der Waals surface area contributed by atoms with Gasteiger partial charge in [-0.3, -0.25) is 13.9 Å². The molecule has 6 rings (SSSR count). The third-order valence-corrected chi connectivity index (χ3v) is 8.29. The molecule has 10 nitrogen and oxygen atoms in total. The van der Waals surface area contributed by atoms with E-state index in [4.69, 9.17) is 19.2 Å². The molecular weight excluding hydrogens is 591 g/mol. The van der Waals surface area contributed by atoms with E-state index in [1.165, 1.54) is 21.3 Å². The van der Waals surface area contributed by atoms with Crippen LogP contribution in [0.5, 0.6) is 5.88 Å². The maximum Gasteiger partial charge on any atom is 0.332 e. The van der Waals surface area contributed by atoms with E-state index in [1.54, 1.807) is 42.7 Å². The van der Waals surface area contributed by atoms with Gasteiger partial charge in [-0.2, -0.15) is 0 Å². The van der Waals surface area contributed by atoms with E-state index in [2.05, 4.69) is 4.98 Å². The van der Waals surface area contributed by atoms with Gasteiger partial charge in [0.15, 0.2) is 17.5 Å². The fourth-order valence-electron chi connectivity index (χ4n) is 5.89. The fourth-order valence-corrected chi connectivity index (χ4v) is 5.89. The topological polar surface area (TPSA) is 102 Å². The molecule has 0 spiro atoms. The summed E-state index contributed by atoms with van der Waals surface area (Å²) in [4.78, 5) is 36.9. The number of imidazole rings is 1. The highest BCUT2D eigenvalue weighted by Gasteiger charge is 2.47. The third-order valence-electron chi connectivity index (χ3n) is 8.29. The van der Waals surface area contributed by atoms with Crippen LogP contribution >= 0.6 is 0 Å². The number of halogens is 3. The maximum atomic E-state index is 14.0. The zero-order chi connectivity index (χ0) is 31.7.